The minimum atomic E-state index is -0.413. The lowest BCUT2D eigenvalue weighted by Gasteiger charge is -2.09. The van der Waals surface area contributed by atoms with Gasteiger partial charge in [-0.25, -0.2) is 18.9 Å². The lowest BCUT2D eigenvalue weighted by atomic mass is 10.1. The number of carbonyl (C=O) groups excluding carboxylic acids is 1. The van der Waals surface area contributed by atoms with Gasteiger partial charge < -0.3 is 5.32 Å². The van der Waals surface area contributed by atoms with Gasteiger partial charge in [-0.3, -0.25) is 14.7 Å². The number of nitrogens with zero attached hydrogens (tertiary/aromatic N) is 3. The summed E-state index contributed by atoms with van der Waals surface area (Å²) < 4.78 is 15.0. The van der Waals surface area contributed by atoms with Crippen LogP contribution in [0.25, 0.3) is 17.0 Å². The third-order valence-corrected chi connectivity index (χ3v) is 5.47. The van der Waals surface area contributed by atoms with Gasteiger partial charge >= 0.3 is 0 Å². The van der Waals surface area contributed by atoms with E-state index in [-0.39, 0.29) is 23.0 Å². The number of aromatic amines is 1. The van der Waals surface area contributed by atoms with Crippen LogP contribution < -0.4 is 10.9 Å². The van der Waals surface area contributed by atoms with Crippen molar-refractivity contribution in [2.45, 2.75) is 19.0 Å². The summed E-state index contributed by atoms with van der Waals surface area (Å²) in [6.07, 6.45) is 0. The van der Waals surface area contributed by atoms with Crippen LogP contribution in [0.15, 0.2) is 58.5 Å². The lowest BCUT2D eigenvalue weighted by Crippen LogP contribution is -2.15. The molecule has 0 atom stereocenters. The van der Waals surface area contributed by atoms with Crippen LogP contribution in [-0.4, -0.2) is 31.2 Å². The van der Waals surface area contributed by atoms with Gasteiger partial charge in [0.15, 0.2) is 16.6 Å². The molecule has 2 N–H and O–H groups in total. The Morgan fingerprint density at radius 2 is 1.97 bits per heavy atom. The summed E-state index contributed by atoms with van der Waals surface area (Å²) in [4.78, 5) is 33.0. The Labute approximate surface area is 175 Å². The first kappa shape index (κ1) is 19.8. The van der Waals surface area contributed by atoms with Crippen molar-refractivity contribution in [3.8, 4) is 11.4 Å². The summed E-state index contributed by atoms with van der Waals surface area (Å²) in [5.74, 6) is -0.284. The van der Waals surface area contributed by atoms with Crippen LogP contribution in [0, 0.1) is 19.7 Å². The largest absolute Gasteiger partial charge is 0.325 e. The molecule has 0 saturated carbocycles. The molecule has 0 saturated heterocycles. The highest BCUT2D eigenvalue weighted by Crippen LogP contribution is 2.22. The van der Waals surface area contributed by atoms with E-state index in [1.54, 1.807) is 12.1 Å². The third kappa shape index (κ3) is 4.25. The van der Waals surface area contributed by atoms with Gasteiger partial charge in [-0.05, 0) is 49.2 Å². The van der Waals surface area contributed by atoms with E-state index < -0.39 is 5.82 Å². The Morgan fingerprint density at radius 1 is 1.13 bits per heavy atom. The average Bonchev–Trinajstić information content (AvgIpc) is 3.09. The molecule has 4 rings (SSSR count). The second-order valence-corrected chi connectivity index (χ2v) is 7.73. The third-order valence-electron chi connectivity index (χ3n) is 4.53. The van der Waals surface area contributed by atoms with E-state index in [0.29, 0.717) is 22.1 Å². The molecule has 0 unspecified atom stereocenters. The molecule has 0 fully saturated rings. The standard InChI is InChI=1S/C21H18FN5O2S/c1-12-6-7-16(8-13(12)2)23-19(29)11-30-21-25-20(14-4-3-5-15(22)9-14)24-17-10-18(28)26-27(17)21/h3-10H,11H2,1-2H3,(H,23,29)(H,26,28). The van der Waals surface area contributed by atoms with Crippen molar-refractivity contribution in [1.82, 2.24) is 19.6 Å². The minimum Gasteiger partial charge on any atom is -0.325 e. The highest BCUT2D eigenvalue weighted by molar-refractivity contribution is 7.99. The smallest absolute Gasteiger partial charge is 0.266 e. The zero-order valence-corrected chi connectivity index (χ0v) is 17.1. The number of aromatic nitrogens is 4. The molecule has 0 aliphatic heterocycles. The zero-order valence-electron chi connectivity index (χ0n) is 16.3. The van der Waals surface area contributed by atoms with E-state index in [0.717, 1.165) is 22.9 Å². The molecular weight excluding hydrogens is 405 g/mol. The molecule has 2 aromatic heterocycles. The van der Waals surface area contributed by atoms with Gasteiger partial charge in [-0.15, -0.1) is 0 Å². The van der Waals surface area contributed by atoms with Crippen LogP contribution in [-0.2, 0) is 4.79 Å². The molecule has 7 nitrogen and oxygen atoms in total. The van der Waals surface area contributed by atoms with Crippen molar-refractivity contribution in [2.24, 2.45) is 0 Å². The molecule has 4 aromatic rings. The van der Waals surface area contributed by atoms with Gasteiger partial charge in [0.25, 0.3) is 5.56 Å². The number of anilines is 1. The van der Waals surface area contributed by atoms with E-state index in [1.165, 1.54) is 22.7 Å². The molecule has 2 aromatic carbocycles. The summed E-state index contributed by atoms with van der Waals surface area (Å²) in [5, 5.41) is 5.84. The van der Waals surface area contributed by atoms with Crippen LogP contribution in [0.1, 0.15) is 11.1 Å². The van der Waals surface area contributed by atoms with E-state index in [2.05, 4.69) is 20.4 Å². The Balaban J connectivity index is 1.59. The summed E-state index contributed by atoms with van der Waals surface area (Å²) in [6.45, 7) is 3.99. The fourth-order valence-corrected chi connectivity index (χ4v) is 3.64. The van der Waals surface area contributed by atoms with E-state index >= 15 is 0 Å². The number of benzene rings is 2. The molecule has 152 valence electrons. The van der Waals surface area contributed by atoms with Gasteiger partial charge in [0.2, 0.25) is 5.91 Å². The molecule has 9 heteroatoms. The molecule has 0 aliphatic carbocycles. The highest BCUT2D eigenvalue weighted by atomic mass is 32.2. The number of amides is 1. The molecule has 0 spiro atoms. The number of H-pyrrole nitrogens is 1. The maximum atomic E-state index is 13.6. The molecule has 0 bridgehead atoms. The Kier molecular flexibility index (Phi) is 5.37. The van der Waals surface area contributed by atoms with E-state index in [4.69, 9.17) is 0 Å². The molecule has 30 heavy (non-hydrogen) atoms. The van der Waals surface area contributed by atoms with Crippen molar-refractivity contribution in [3.63, 3.8) is 0 Å². The van der Waals surface area contributed by atoms with Crippen LogP contribution in [0.3, 0.4) is 0 Å². The first-order chi connectivity index (χ1) is 14.4. The van der Waals surface area contributed by atoms with Crippen LogP contribution in [0.4, 0.5) is 10.1 Å². The van der Waals surface area contributed by atoms with E-state index in [9.17, 15) is 14.0 Å². The second kappa shape index (κ2) is 8.11. The van der Waals surface area contributed by atoms with Crippen molar-refractivity contribution in [1.29, 1.82) is 0 Å². The summed E-state index contributed by atoms with van der Waals surface area (Å²) in [5.41, 5.74) is 3.42. The van der Waals surface area contributed by atoms with Crippen molar-refractivity contribution in [2.75, 3.05) is 11.1 Å². The Bertz CT molecular complexity index is 1310. The van der Waals surface area contributed by atoms with Crippen LogP contribution in [0.2, 0.25) is 0 Å². The van der Waals surface area contributed by atoms with Crippen molar-refractivity contribution >= 4 is 29.0 Å². The lowest BCUT2D eigenvalue weighted by molar-refractivity contribution is -0.113. The molecule has 0 radical (unpaired) electrons. The number of thioether (sulfide) groups is 1. The average molecular weight is 423 g/mol. The molecule has 1 amide bonds. The number of aryl methyl sites for hydroxylation is 2. The quantitative estimate of drug-likeness (QED) is 0.479. The number of hydrogen-bond donors (Lipinski definition) is 2. The number of nitrogens with one attached hydrogen (secondary N) is 2. The van der Waals surface area contributed by atoms with Crippen molar-refractivity contribution in [3.05, 3.63) is 75.8 Å². The number of carbonyl (C=O) groups is 1. The number of halogens is 1. The van der Waals surface area contributed by atoms with Crippen LogP contribution >= 0.6 is 11.8 Å². The van der Waals surface area contributed by atoms with E-state index in [1.807, 2.05) is 32.0 Å². The first-order valence-electron chi connectivity index (χ1n) is 9.15. The van der Waals surface area contributed by atoms with Crippen LogP contribution in [0.5, 0.6) is 0 Å². The fraction of sp³-hybridized carbons (Fsp3) is 0.143. The van der Waals surface area contributed by atoms with Gasteiger partial charge in [0.05, 0.1) is 5.75 Å². The minimum absolute atomic E-state index is 0.0713. The van der Waals surface area contributed by atoms with Crippen molar-refractivity contribution < 1.29 is 9.18 Å². The maximum absolute atomic E-state index is 13.6. The normalized spacial score (nSPS) is 11.0. The fourth-order valence-electron chi connectivity index (χ4n) is 2.88. The predicted octanol–water partition coefficient (Wildman–Crippen LogP) is 3.57. The Hall–Kier alpha value is -3.46. The van der Waals surface area contributed by atoms with Gasteiger partial charge in [-0.2, -0.15) is 0 Å². The zero-order chi connectivity index (χ0) is 21.3. The molecular formula is C21H18FN5O2S. The number of rotatable bonds is 5. The summed E-state index contributed by atoms with van der Waals surface area (Å²) in [6, 6.07) is 12.9. The maximum Gasteiger partial charge on any atom is 0.266 e. The molecule has 0 aliphatic rings. The van der Waals surface area contributed by atoms with Gasteiger partial charge in [-0.1, -0.05) is 30.0 Å². The summed E-state index contributed by atoms with van der Waals surface area (Å²) in [7, 11) is 0. The first-order valence-corrected chi connectivity index (χ1v) is 10.1. The molecule has 2 heterocycles. The number of fused-ring (bicyclic) bond motifs is 1. The van der Waals surface area contributed by atoms with Gasteiger partial charge in [0.1, 0.15) is 5.82 Å². The SMILES string of the molecule is Cc1ccc(NC(=O)CSc2nc(-c3cccc(F)c3)nc3cc(=O)[nH]n23)cc1C. The number of hydrogen-bond acceptors (Lipinski definition) is 5. The second-order valence-electron chi connectivity index (χ2n) is 6.79. The highest BCUT2D eigenvalue weighted by Gasteiger charge is 2.14. The predicted molar refractivity (Wildman–Crippen MR) is 114 cm³/mol. The van der Waals surface area contributed by atoms with Gasteiger partial charge in [0, 0.05) is 17.3 Å². The monoisotopic (exact) mass is 423 g/mol. The summed E-state index contributed by atoms with van der Waals surface area (Å²) >= 11 is 1.15. The topological polar surface area (TPSA) is 92.2 Å². The Morgan fingerprint density at radius 3 is 2.73 bits per heavy atom.